The third kappa shape index (κ3) is 3.71. The molecule has 1 aliphatic rings. The molecule has 5 rings (SSSR count). The number of carbonyl (C=O) groups excluding carboxylic acids is 1. The monoisotopic (exact) mass is 420 g/mol. The van der Waals surface area contributed by atoms with Crippen molar-refractivity contribution in [2.45, 2.75) is 6.92 Å². The van der Waals surface area contributed by atoms with Crippen LogP contribution in [0.15, 0.2) is 48.7 Å². The summed E-state index contributed by atoms with van der Waals surface area (Å²) in [5, 5.41) is 1.69. The van der Waals surface area contributed by atoms with Gasteiger partial charge in [0.2, 0.25) is 0 Å². The summed E-state index contributed by atoms with van der Waals surface area (Å²) in [6, 6.07) is 14.1. The number of aryl methyl sites for hydroxylation is 1. The predicted octanol–water partition coefficient (Wildman–Crippen LogP) is 4.07. The van der Waals surface area contributed by atoms with E-state index in [0.717, 1.165) is 59.1 Å². The normalized spacial score (nSPS) is 15.1. The number of morpholine rings is 1. The van der Waals surface area contributed by atoms with Crippen molar-refractivity contribution in [3.8, 4) is 0 Å². The highest BCUT2D eigenvalue weighted by Crippen LogP contribution is 2.31. The minimum Gasteiger partial charge on any atom is -0.379 e. The van der Waals surface area contributed by atoms with Crippen molar-refractivity contribution in [2.24, 2.45) is 0 Å². The van der Waals surface area contributed by atoms with Crippen molar-refractivity contribution in [1.82, 2.24) is 14.9 Å². The third-order valence-corrected chi connectivity index (χ3v) is 6.61. The summed E-state index contributed by atoms with van der Waals surface area (Å²) >= 11 is 1.58. The lowest BCUT2D eigenvalue weighted by atomic mass is 10.1. The van der Waals surface area contributed by atoms with Crippen LogP contribution in [0, 0.1) is 6.92 Å². The first-order valence-electron chi connectivity index (χ1n) is 10.2. The Hall–Kier alpha value is -2.74. The molecule has 4 aromatic rings. The Morgan fingerprint density at radius 2 is 2.07 bits per heavy atom. The average molecular weight is 421 g/mol. The van der Waals surface area contributed by atoms with Crippen molar-refractivity contribution in [1.29, 1.82) is 0 Å². The number of nitrogens with one attached hydrogen (secondary N) is 1. The van der Waals surface area contributed by atoms with Gasteiger partial charge in [0.25, 0.3) is 5.91 Å². The number of aromatic amines is 1. The minimum atomic E-state index is -0.0171. The maximum atomic E-state index is 13.7. The smallest absolute Gasteiger partial charge is 0.262 e. The second-order valence-electron chi connectivity index (χ2n) is 7.63. The van der Waals surface area contributed by atoms with Crippen LogP contribution in [-0.4, -0.2) is 60.2 Å². The van der Waals surface area contributed by atoms with Crippen molar-refractivity contribution in [3.63, 3.8) is 0 Å². The number of anilines is 1. The van der Waals surface area contributed by atoms with Gasteiger partial charge >= 0.3 is 0 Å². The van der Waals surface area contributed by atoms with Gasteiger partial charge in [-0.3, -0.25) is 14.6 Å². The number of rotatable bonds is 5. The van der Waals surface area contributed by atoms with Gasteiger partial charge in [0.05, 0.1) is 29.0 Å². The van der Waals surface area contributed by atoms with Crippen LogP contribution in [0.4, 0.5) is 5.13 Å². The highest BCUT2D eigenvalue weighted by Gasteiger charge is 2.24. The molecule has 3 heterocycles. The Labute approximate surface area is 179 Å². The first-order chi connectivity index (χ1) is 14.7. The lowest BCUT2D eigenvalue weighted by molar-refractivity contribution is 0.0391. The summed E-state index contributed by atoms with van der Waals surface area (Å²) in [5.74, 6) is -0.0171. The number of fused-ring (bicyclic) bond motifs is 2. The van der Waals surface area contributed by atoms with E-state index in [1.165, 1.54) is 5.56 Å². The van der Waals surface area contributed by atoms with Crippen molar-refractivity contribution < 1.29 is 9.53 Å². The highest BCUT2D eigenvalue weighted by atomic mass is 32.1. The number of benzene rings is 2. The van der Waals surface area contributed by atoms with E-state index in [-0.39, 0.29) is 5.91 Å². The molecular weight excluding hydrogens is 396 g/mol. The summed E-state index contributed by atoms with van der Waals surface area (Å²) < 4.78 is 6.56. The van der Waals surface area contributed by atoms with Crippen LogP contribution < -0.4 is 4.90 Å². The molecule has 1 N–H and O–H groups in total. The van der Waals surface area contributed by atoms with Gasteiger partial charge in [-0.1, -0.05) is 35.6 Å². The molecule has 0 radical (unpaired) electrons. The summed E-state index contributed by atoms with van der Waals surface area (Å²) in [5.41, 5.74) is 3.78. The number of para-hydroxylation sites is 1. The fourth-order valence-corrected chi connectivity index (χ4v) is 4.97. The second-order valence-corrected chi connectivity index (χ2v) is 8.64. The molecule has 1 saturated heterocycles. The molecule has 0 unspecified atom stereocenters. The van der Waals surface area contributed by atoms with Crippen LogP contribution in [0.25, 0.3) is 21.1 Å². The molecule has 6 nitrogen and oxygen atoms in total. The van der Waals surface area contributed by atoms with E-state index in [2.05, 4.69) is 28.9 Å². The van der Waals surface area contributed by atoms with E-state index in [4.69, 9.17) is 9.72 Å². The van der Waals surface area contributed by atoms with Gasteiger partial charge in [-0.2, -0.15) is 0 Å². The van der Waals surface area contributed by atoms with Gasteiger partial charge < -0.3 is 9.72 Å². The number of amides is 1. The molecular formula is C23H24N4O2S. The van der Waals surface area contributed by atoms with Crippen LogP contribution in [0.1, 0.15) is 15.9 Å². The van der Waals surface area contributed by atoms with Crippen LogP contribution in [-0.2, 0) is 4.74 Å². The van der Waals surface area contributed by atoms with Gasteiger partial charge in [-0.05, 0) is 30.7 Å². The van der Waals surface area contributed by atoms with Gasteiger partial charge in [0.15, 0.2) is 5.13 Å². The molecule has 2 aromatic carbocycles. The lowest BCUT2D eigenvalue weighted by Gasteiger charge is -2.29. The van der Waals surface area contributed by atoms with Crippen LogP contribution in [0.5, 0.6) is 0 Å². The highest BCUT2D eigenvalue weighted by molar-refractivity contribution is 7.22. The molecule has 0 saturated carbocycles. The van der Waals surface area contributed by atoms with Crippen LogP contribution >= 0.6 is 11.3 Å². The molecule has 0 spiro atoms. The summed E-state index contributed by atoms with van der Waals surface area (Å²) in [7, 11) is 0. The molecule has 1 aliphatic heterocycles. The third-order valence-electron chi connectivity index (χ3n) is 5.57. The molecule has 0 atom stereocenters. The molecule has 30 heavy (non-hydrogen) atoms. The van der Waals surface area contributed by atoms with E-state index in [0.29, 0.717) is 12.1 Å². The number of hydrogen-bond acceptors (Lipinski definition) is 5. The molecule has 1 amide bonds. The van der Waals surface area contributed by atoms with Crippen LogP contribution in [0.3, 0.4) is 0 Å². The molecule has 7 heteroatoms. The molecule has 154 valence electrons. The number of ether oxygens (including phenoxy) is 1. The maximum Gasteiger partial charge on any atom is 0.262 e. The number of thiazole rings is 1. The van der Waals surface area contributed by atoms with E-state index in [1.807, 2.05) is 41.4 Å². The van der Waals surface area contributed by atoms with Gasteiger partial charge in [0, 0.05) is 43.3 Å². The van der Waals surface area contributed by atoms with Crippen molar-refractivity contribution in [2.75, 3.05) is 44.3 Å². The number of carbonyl (C=O) groups is 1. The maximum absolute atomic E-state index is 13.7. The fourth-order valence-electron chi connectivity index (χ4n) is 3.88. The lowest BCUT2D eigenvalue weighted by Crippen LogP contribution is -2.43. The van der Waals surface area contributed by atoms with Gasteiger partial charge in [0.1, 0.15) is 0 Å². The second kappa shape index (κ2) is 8.18. The summed E-state index contributed by atoms with van der Waals surface area (Å²) in [4.78, 5) is 25.9. The first kappa shape index (κ1) is 19.2. The van der Waals surface area contributed by atoms with E-state index in [1.54, 1.807) is 11.3 Å². The van der Waals surface area contributed by atoms with Crippen molar-refractivity contribution >= 4 is 43.5 Å². The molecule has 0 bridgehead atoms. The summed E-state index contributed by atoms with van der Waals surface area (Å²) in [6.07, 6.45) is 1.81. The van der Waals surface area contributed by atoms with Crippen molar-refractivity contribution in [3.05, 3.63) is 59.8 Å². The summed E-state index contributed by atoms with van der Waals surface area (Å²) in [6.45, 7) is 6.76. The number of H-pyrrole nitrogens is 1. The SMILES string of the molecule is Cc1ccc2nc(N(CCN3CCOCC3)C(=O)c3c[nH]c4ccccc34)sc2c1. The zero-order valence-electron chi connectivity index (χ0n) is 16.9. The minimum absolute atomic E-state index is 0.0171. The zero-order valence-corrected chi connectivity index (χ0v) is 17.7. The molecule has 1 fully saturated rings. The average Bonchev–Trinajstić information content (AvgIpc) is 3.38. The number of aromatic nitrogens is 2. The van der Waals surface area contributed by atoms with Gasteiger partial charge in [-0.15, -0.1) is 0 Å². The zero-order chi connectivity index (χ0) is 20.5. The molecule has 2 aromatic heterocycles. The Bertz CT molecular complexity index is 1190. The van der Waals surface area contributed by atoms with E-state index >= 15 is 0 Å². The number of nitrogens with zero attached hydrogens (tertiary/aromatic N) is 3. The Kier molecular flexibility index (Phi) is 5.25. The number of hydrogen-bond donors (Lipinski definition) is 1. The fraction of sp³-hybridized carbons (Fsp3) is 0.304. The Morgan fingerprint density at radius 1 is 1.23 bits per heavy atom. The van der Waals surface area contributed by atoms with E-state index < -0.39 is 0 Å². The standard InChI is InChI=1S/C23H24N4O2S/c1-16-6-7-20-21(14-16)30-23(25-20)27(9-8-26-10-12-29-13-11-26)22(28)18-15-24-19-5-3-2-4-17(18)19/h2-7,14-15,24H,8-13H2,1H3. The Morgan fingerprint density at radius 3 is 2.93 bits per heavy atom. The first-order valence-corrected chi connectivity index (χ1v) is 11.1. The van der Waals surface area contributed by atoms with Crippen LogP contribution in [0.2, 0.25) is 0 Å². The predicted molar refractivity (Wildman–Crippen MR) is 122 cm³/mol. The topological polar surface area (TPSA) is 61.5 Å². The van der Waals surface area contributed by atoms with E-state index in [9.17, 15) is 4.79 Å². The largest absolute Gasteiger partial charge is 0.379 e. The quantitative estimate of drug-likeness (QED) is 0.529. The van der Waals surface area contributed by atoms with Gasteiger partial charge in [-0.25, -0.2) is 4.98 Å². The molecule has 0 aliphatic carbocycles. The Balaban J connectivity index is 1.50.